The Morgan fingerprint density at radius 3 is 2.95 bits per heavy atom. The molecule has 0 radical (unpaired) electrons. The predicted molar refractivity (Wildman–Crippen MR) is 82.2 cm³/mol. The lowest BCUT2D eigenvalue weighted by molar-refractivity contribution is -0.120. The highest BCUT2D eigenvalue weighted by Gasteiger charge is 2.22. The maximum absolute atomic E-state index is 12.1. The Morgan fingerprint density at radius 2 is 2.19 bits per heavy atom. The van der Waals surface area contributed by atoms with Crippen molar-refractivity contribution < 1.29 is 14.3 Å². The zero-order valence-electron chi connectivity index (χ0n) is 11.7. The second-order valence-corrected chi connectivity index (χ2v) is 5.22. The largest absolute Gasteiger partial charge is 0.378 e. The first kappa shape index (κ1) is 15.9. The maximum atomic E-state index is 12.1. The smallest absolute Gasteiger partial charge is 0.243 e. The van der Waals surface area contributed by atoms with Gasteiger partial charge >= 0.3 is 0 Å². The number of benzene rings is 1. The van der Waals surface area contributed by atoms with E-state index in [0.717, 1.165) is 24.0 Å². The van der Waals surface area contributed by atoms with Gasteiger partial charge in [-0.05, 0) is 30.5 Å². The van der Waals surface area contributed by atoms with Crippen LogP contribution in [0.2, 0.25) is 0 Å². The summed E-state index contributed by atoms with van der Waals surface area (Å²) in [4.78, 5) is 24.0. The van der Waals surface area contributed by atoms with Gasteiger partial charge in [-0.3, -0.25) is 9.59 Å². The van der Waals surface area contributed by atoms with E-state index >= 15 is 0 Å². The van der Waals surface area contributed by atoms with E-state index in [1.807, 2.05) is 12.1 Å². The molecule has 1 heterocycles. The lowest BCUT2D eigenvalue weighted by Crippen LogP contribution is -2.48. The molecule has 0 bridgehead atoms. The number of amides is 1. The monoisotopic (exact) mass is 310 g/mol. The number of halogens is 1. The number of rotatable bonds is 2. The van der Waals surface area contributed by atoms with Gasteiger partial charge in [-0.1, -0.05) is 6.07 Å². The molecule has 1 atom stereocenters. The van der Waals surface area contributed by atoms with E-state index < -0.39 is 0 Å². The minimum atomic E-state index is -0.324. The van der Waals surface area contributed by atoms with Crippen LogP contribution in [0.1, 0.15) is 28.8 Å². The second-order valence-electron chi connectivity index (χ2n) is 5.22. The molecule has 1 aliphatic carbocycles. The Bertz CT molecular complexity index is 542. The summed E-state index contributed by atoms with van der Waals surface area (Å²) in [5.41, 5.74) is 2.51. The van der Waals surface area contributed by atoms with Crippen LogP contribution in [-0.4, -0.2) is 37.5 Å². The third-order valence-corrected chi connectivity index (χ3v) is 3.77. The van der Waals surface area contributed by atoms with Crippen molar-refractivity contribution in [3.05, 3.63) is 29.3 Å². The van der Waals surface area contributed by atoms with Crippen molar-refractivity contribution in [2.75, 3.05) is 25.1 Å². The van der Waals surface area contributed by atoms with Gasteiger partial charge in [0.1, 0.15) is 6.04 Å². The van der Waals surface area contributed by atoms with Crippen molar-refractivity contribution in [2.45, 2.75) is 25.3 Å². The summed E-state index contributed by atoms with van der Waals surface area (Å²) in [6, 6.07) is 5.26. The van der Waals surface area contributed by atoms with E-state index in [-0.39, 0.29) is 30.1 Å². The second kappa shape index (κ2) is 7.02. The molecule has 21 heavy (non-hydrogen) atoms. The van der Waals surface area contributed by atoms with Crippen molar-refractivity contribution in [1.82, 2.24) is 5.32 Å². The number of ketones is 1. The fraction of sp³-hybridized carbons (Fsp3) is 0.467. The van der Waals surface area contributed by atoms with Gasteiger partial charge in [-0.25, -0.2) is 0 Å². The zero-order valence-corrected chi connectivity index (χ0v) is 12.5. The molecule has 0 aromatic heterocycles. The van der Waals surface area contributed by atoms with Crippen LogP contribution in [0.3, 0.4) is 0 Å². The van der Waals surface area contributed by atoms with Crippen LogP contribution >= 0.6 is 12.4 Å². The van der Waals surface area contributed by atoms with E-state index in [1.165, 1.54) is 0 Å². The molecule has 1 unspecified atom stereocenters. The first-order valence-corrected chi connectivity index (χ1v) is 7.02. The number of hydrogen-bond donors (Lipinski definition) is 2. The van der Waals surface area contributed by atoms with Crippen molar-refractivity contribution in [3.63, 3.8) is 0 Å². The quantitative estimate of drug-likeness (QED) is 0.870. The Kier molecular flexibility index (Phi) is 5.33. The van der Waals surface area contributed by atoms with Gasteiger partial charge < -0.3 is 15.4 Å². The summed E-state index contributed by atoms with van der Waals surface area (Å²) in [5.74, 6) is 0.0504. The lowest BCUT2D eigenvalue weighted by Gasteiger charge is -2.23. The Labute approximate surface area is 129 Å². The number of fused-ring (bicyclic) bond motifs is 1. The van der Waals surface area contributed by atoms with Gasteiger partial charge in [0.05, 0.1) is 13.2 Å². The molecule has 6 heteroatoms. The van der Waals surface area contributed by atoms with Crippen molar-refractivity contribution in [1.29, 1.82) is 0 Å². The molecule has 1 aromatic carbocycles. The van der Waals surface area contributed by atoms with E-state index in [4.69, 9.17) is 4.74 Å². The van der Waals surface area contributed by atoms with Gasteiger partial charge in [-0.15, -0.1) is 12.4 Å². The van der Waals surface area contributed by atoms with Crippen LogP contribution in [0.5, 0.6) is 0 Å². The molecule has 1 fully saturated rings. The van der Waals surface area contributed by atoms with Crippen molar-refractivity contribution in [3.8, 4) is 0 Å². The first-order valence-electron chi connectivity index (χ1n) is 7.02. The molecule has 1 aromatic rings. The van der Waals surface area contributed by atoms with Crippen LogP contribution in [0, 0.1) is 0 Å². The summed E-state index contributed by atoms with van der Waals surface area (Å²) >= 11 is 0. The number of anilines is 1. The lowest BCUT2D eigenvalue weighted by atomic mass is 9.90. The molecule has 1 saturated heterocycles. The maximum Gasteiger partial charge on any atom is 0.243 e. The number of carbonyl (C=O) groups excluding carboxylic acids is 2. The SMILES string of the molecule is Cl.O=C1CCCc2ccc(NC(=O)C3COCCN3)cc21. The number of hydrogen-bond acceptors (Lipinski definition) is 4. The summed E-state index contributed by atoms with van der Waals surface area (Å²) in [6.07, 6.45) is 2.45. The van der Waals surface area contributed by atoms with E-state index in [2.05, 4.69) is 10.6 Å². The molecule has 3 rings (SSSR count). The van der Waals surface area contributed by atoms with E-state index in [9.17, 15) is 9.59 Å². The van der Waals surface area contributed by atoms with Crippen LogP contribution in [0.15, 0.2) is 18.2 Å². The van der Waals surface area contributed by atoms with E-state index in [0.29, 0.717) is 31.9 Å². The number of ether oxygens (including phenoxy) is 1. The number of Topliss-reactive ketones (excluding diaryl/α,β-unsaturated/α-hetero) is 1. The Balaban J connectivity index is 0.00000161. The first-order chi connectivity index (χ1) is 9.74. The average molecular weight is 311 g/mol. The van der Waals surface area contributed by atoms with Gasteiger partial charge in [0, 0.05) is 24.2 Å². The molecule has 5 nitrogen and oxygen atoms in total. The fourth-order valence-corrected chi connectivity index (χ4v) is 2.67. The minimum Gasteiger partial charge on any atom is -0.378 e. The predicted octanol–water partition coefficient (Wildman–Crippen LogP) is 1.55. The zero-order chi connectivity index (χ0) is 13.9. The molecule has 1 amide bonds. The molecular weight excluding hydrogens is 292 g/mol. The third kappa shape index (κ3) is 3.61. The molecule has 2 N–H and O–H groups in total. The Hall–Kier alpha value is -1.43. The topological polar surface area (TPSA) is 67.4 Å². The fourth-order valence-electron chi connectivity index (χ4n) is 2.67. The Morgan fingerprint density at radius 1 is 1.33 bits per heavy atom. The standard InChI is InChI=1S/C15H18N2O3.ClH/c18-14-3-1-2-10-4-5-11(8-12(10)14)17-15(19)13-9-20-7-6-16-13;/h4-5,8,13,16H,1-3,6-7,9H2,(H,17,19);1H. The number of carbonyl (C=O) groups is 2. The molecule has 114 valence electrons. The van der Waals surface area contributed by atoms with E-state index in [1.54, 1.807) is 6.07 Å². The molecule has 2 aliphatic rings. The van der Waals surface area contributed by atoms with Gasteiger partial charge in [0.2, 0.25) is 5.91 Å². The van der Waals surface area contributed by atoms with Crippen molar-refractivity contribution in [2.24, 2.45) is 0 Å². The van der Waals surface area contributed by atoms with Gasteiger partial charge in [0.25, 0.3) is 0 Å². The molecule has 1 aliphatic heterocycles. The summed E-state index contributed by atoms with van der Waals surface area (Å²) in [7, 11) is 0. The van der Waals surface area contributed by atoms with Crippen LogP contribution < -0.4 is 10.6 Å². The van der Waals surface area contributed by atoms with Gasteiger partial charge in [-0.2, -0.15) is 0 Å². The number of nitrogens with one attached hydrogen (secondary N) is 2. The molecule has 0 spiro atoms. The summed E-state index contributed by atoms with van der Waals surface area (Å²) < 4.78 is 5.27. The average Bonchev–Trinajstić information content (AvgIpc) is 2.49. The van der Waals surface area contributed by atoms with Gasteiger partial charge in [0.15, 0.2) is 5.78 Å². The third-order valence-electron chi connectivity index (χ3n) is 3.77. The highest BCUT2D eigenvalue weighted by molar-refractivity contribution is 6.01. The number of morpholine rings is 1. The summed E-state index contributed by atoms with van der Waals surface area (Å²) in [6.45, 7) is 1.70. The molecule has 0 saturated carbocycles. The normalized spacial score (nSPS) is 21.1. The van der Waals surface area contributed by atoms with Crippen LogP contribution in [0.4, 0.5) is 5.69 Å². The van der Waals surface area contributed by atoms with Crippen LogP contribution in [-0.2, 0) is 16.0 Å². The highest BCUT2D eigenvalue weighted by atomic mass is 35.5. The number of aryl methyl sites for hydroxylation is 1. The highest BCUT2D eigenvalue weighted by Crippen LogP contribution is 2.24. The minimum absolute atomic E-state index is 0. The van der Waals surface area contributed by atoms with Crippen LogP contribution in [0.25, 0.3) is 0 Å². The molecular formula is C15H19ClN2O3. The summed E-state index contributed by atoms with van der Waals surface area (Å²) in [5, 5.41) is 5.95. The van der Waals surface area contributed by atoms with Crippen molar-refractivity contribution >= 4 is 29.8 Å².